The molecule has 0 unspecified atom stereocenters. The van der Waals surface area contributed by atoms with Gasteiger partial charge >= 0.3 is 0 Å². The lowest BCUT2D eigenvalue weighted by molar-refractivity contribution is 0.276. The van der Waals surface area contributed by atoms with Gasteiger partial charge in [-0.3, -0.25) is 0 Å². The van der Waals surface area contributed by atoms with Crippen molar-refractivity contribution in [3.05, 3.63) is 29.7 Å². The minimum absolute atomic E-state index is 0.0144. The number of hydrogen-bond acceptors (Lipinski definition) is 6. The van der Waals surface area contributed by atoms with Crippen LogP contribution in [0, 0.1) is 11.3 Å². The van der Waals surface area contributed by atoms with Gasteiger partial charge < -0.3 is 9.84 Å². The number of methoxy groups -OCH3 is 1. The molecule has 0 atom stereocenters. The van der Waals surface area contributed by atoms with Crippen molar-refractivity contribution in [2.24, 2.45) is 0 Å². The van der Waals surface area contributed by atoms with Gasteiger partial charge in [0.1, 0.15) is 23.1 Å². The van der Waals surface area contributed by atoms with Crippen molar-refractivity contribution in [3.63, 3.8) is 0 Å². The standard InChI is InChI=1S/C10H9N5O2/c1-17-9-2-10(12-4-7(9)3-11)15-13-5-8(6-16)14-15/h2,4-5,16H,6H2,1H3/i1D3. The predicted octanol–water partition coefficient (Wildman–Crippen LogP) is 0.0349. The SMILES string of the molecule is [2H]C([2H])([2H])Oc1cc(-n2ncc(CO)n2)ncc1C#N. The normalized spacial score (nSPS) is 13.3. The van der Waals surface area contributed by atoms with Crippen molar-refractivity contribution in [3.8, 4) is 17.6 Å². The molecule has 0 saturated heterocycles. The number of aliphatic hydroxyl groups excluding tert-OH is 1. The van der Waals surface area contributed by atoms with Crippen LogP contribution in [0.2, 0.25) is 0 Å². The first kappa shape index (κ1) is 7.76. The Kier molecular flexibility index (Phi) is 2.09. The second-order valence-electron chi connectivity index (χ2n) is 3.04. The van der Waals surface area contributed by atoms with Gasteiger partial charge in [-0.25, -0.2) is 4.98 Å². The van der Waals surface area contributed by atoms with Crippen LogP contribution >= 0.6 is 0 Å². The molecule has 0 radical (unpaired) electrons. The average molecular weight is 234 g/mol. The van der Waals surface area contributed by atoms with Crippen LogP contribution in [-0.2, 0) is 6.61 Å². The van der Waals surface area contributed by atoms with Gasteiger partial charge in [-0.2, -0.15) is 10.4 Å². The van der Waals surface area contributed by atoms with Crippen molar-refractivity contribution in [1.29, 1.82) is 5.26 Å². The molecule has 2 aromatic heterocycles. The maximum Gasteiger partial charge on any atom is 0.178 e. The summed E-state index contributed by atoms with van der Waals surface area (Å²) in [6.45, 7) is -0.283. The Morgan fingerprint density at radius 3 is 3.18 bits per heavy atom. The number of aliphatic hydroxyl groups is 1. The van der Waals surface area contributed by atoms with Crippen LogP contribution in [0.3, 0.4) is 0 Å². The number of nitriles is 1. The average Bonchev–Trinajstić information content (AvgIpc) is 2.85. The topological polar surface area (TPSA) is 96.8 Å². The van der Waals surface area contributed by atoms with Crippen LogP contribution in [-0.4, -0.2) is 32.1 Å². The largest absolute Gasteiger partial charge is 0.495 e. The molecule has 2 aromatic rings. The third-order valence-electron chi connectivity index (χ3n) is 1.99. The number of pyridine rings is 1. The lowest BCUT2D eigenvalue weighted by Gasteiger charge is -2.04. The Morgan fingerprint density at radius 2 is 2.53 bits per heavy atom. The molecular weight excluding hydrogens is 222 g/mol. The maximum atomic E-state index is 8.91. The molecule has 0 fully saturated rings. The molecule has 7 nitrogen and oxygen atoms in total. The van der Waals surface area contributed by atoms with Crippen molar-refractivity contribution in [1.82, 2.24) is 20.0 Å². The summed E-state index contributed by atoms with van der Waals surface area (Å²) in [6, 6.07) is 3.03. The van der Waals surface area contributed by atoms with E-state index < -0.39 is 7.04 Å². The van der Waals surface area contributed by atoms with Crippen molar-refractivity contribution in [2.45, 2.75) is 6.61 Å². The summed E-state index contributed by atoms with van der Waals surface area (Å²) < 4.78 is 25.9. The first-order valence-electron chi connectivity index (χ1n) is 6.04. The molecule has 0 spiro atoms. The number of aromatic nitrogens is 4. The highest BCUT2D eigenvalue weighted by Gasteiger charge is 2.08. The highest BCUT2D eigenvalue weighted by atomic mass is 16.5. The van der Waals surface area contributed by atoms with E-state index in [-0.39, 0.29) is 23.7 Å². The zero-order chi connectivity index (χ0) is 14.8. The second kappa shape index (κ2) is 4.59. The Hall–Kier alpha value is -2.46. The quantitative estimate of drug-likeness (QED) is 0.805. The summed E-state index contributed by atoms with van der Waals surface area (Å²) in [7, 11) is -2.68. The number of ether oxygens (including phenoxy) is 1. The van der Waals surface area contributed by atoms with Crippen LogP contribution in [0.15, 0.2) is 18.5 Å². The summed E-state index contributed by atoms with van der Waals surface area (Å²) in [5, 5.41) is 25.6. The molecule has 17 heavy (non-hydrogen) atoms. The summed E-state index contributed by atoms with van der Waals surface area (Å²) in [5.41, 5.74) is 0.314. The van der Waals surface area contributed by atoms with Crippen molar-refractivity contribution < 1.29 is 14.0 Å². The molecule has 1 N–H and O–H groups in total. The van der Waals surface area contributed by atoms with E-state index >= 15 is 0 Å². The van der Waals surface area contributed by atoms with Crippen LogP contribution < -0.4 is 4.74 Å². The van der Waals surface area contributed by atoms with Crippen molar-refractivity contribution in [2.75, 3.05) is 7.04 Å². The first-order valence-corrected chi connectivity index (χ1v) is 4.54. The van der Waals surface area contributed by atoms with Gasteiger partial charge in [0.15, 0.2) is 5.82 Å². The second-order valence-corrected chi connectivity index (χ2v) is 3.04. The van der Waals surface area contributed by atoms with Crippen LogP contribution in [0.25, 0.3) is 5.82 Å². The monoisotopic (exact) mass is 234 g/mol. The summed E-state index contributed by atoms with van der Waals surface area (Å²) in [4.78, 5) is 5.02. The minimum Gasteiger partial charge on any atom is -0.495 e. The van der Waals surface area contributed by atoms with Gasteiger partial charge in [-0.1, -0.05) is 0 Å². The van der Waals surface area contributed by atoms with E-state index in [0.29, 0.717) is 5.69 Å². The Bertz CT molecular complexity index is 662. The summed E-state index contributed by atoms with van der Waals surface area (Å²) in [6.07, 6.45) is 2.50. The summed E-state index contributed by atoms with van der Waals surface area (Å²) >= 11 is 0. The molecule has 0 aliphatic heterocycles. The van der Waals surface area contributed by atoms with Gasteiger partial charge in [0.25, 0.3) is 0 Å². The first-order chi connectivity index (χ1) is 9.43. The lowest BCUT2D eigenvalue weighted by atomic mass is 10.3. The fourth-order valence-corrected chi connectivity index (χ4v) is 1.18. The summed E-state index contributed by atoms with van der Waals surface area (Å²) in [5.74, 6) is 0.0308. The van der Waals surface area contributed by atoms with Crippen LogP contribution in [0.1, 0.15) is 15.4 Å². The van der Waals surface area contributed by atoms with Crippen molar-refractivity contribution >= 4 is 0 Å². The van der Waals surface area contributed by atoms with Crippen LogP contribution in [0.5, 0.6) is 5.75 Å². The molecule has 86 valence electrons. The third kappa shape index (κ3) is 2.07. The molecular formula is C10H9N5O2. The van der Waals surface area contributed by atoms with E-state index in [1.54, 1.807) is 6.07 Å². The molecule has 0 bridgehead atoms. The van der Waals surface area contributed by atoms with E-state index in [1.165, 1.54) is 18.5 Å². The zero-order valence-electron chi connectivity index (χ0n) is 11.5. The molecule has 7 heteroatoms. The Balaban J connectivity index is 2.41. The van der Waals surface area contributed by atoms with Gasteiger partial charge in [0.05, 0.1) is 30.2 Å². The number of rotatable bonds is 3. The van der Waals surface area contributed by atoms with E-state index in [0.717, 1.165) is 4.80 Å². The van der Waals surface area contributed by atoms with Gasteiger partial charge in [0, 0.05) is 6.07 Å². The molecule has 2 rings (SSSR count). The molecule has 0 amide bonds. The maximum absolute atomic E-state index is 8.91. The lowest BCUT2D eigenvalue weighted by Crippen LogP contribution is -2.03. The smallest absolute Gasteiger partial charge is 0.178 e. The van der Waals surface area contributed by atoms with E-state index in [2.05, 4.69) is 15.2 Å². The van der Waals surface area contributed by atoms with Crippen LogP contribution in [0.4, 0.5) is 0 Å². The number of hydrogen-bond donors (Lipinski definition) is 1. The van der Waals surface area contributed by atoms with Gasteiger partial charge in [0.2, 0.25) is 0 Å². The fourth-order valence-electron chi connectivity index (χ4n) is 1.18. The molecule has 2 heterocycles. The Labute approximate surface area is 101 Å². The molecule has 0 aliphatic carbocycles. The third-order valence-corrected chi connectivity index (χ3v) is 1.99. The molecule has 0 saturated carbocycles. The molecule has 0 aliphatic rings. The van der Waals surface area contributed by atoms with Gasteiger partial charge in [-0.15, -0.1) is 9.90 Å². The van der Waals surface area contributed by atoms with E-state index in [9.17, 15) is 0 Å². The number of nitrogens with zero attached hydrogens (tertiary/aromatic N) is 5. The predicted molar refractivity (Wildman–Crippen MR) is 56.3 cm³/mol. The van der Waals surface area contributed by atoms with E-state index in [4.69, 9.17) is 19.2 Å². The Morgan fingerprint density at radius 1 is 1.65 bits per heavy atom. The highest BCUT2D eigenvalue weighted by Crippen LogP contribution is 2.18. The minimum atomic E-state index is -2.68. The van der Waals surface area contributed by atoms with Gasteiger partial charge in [-0.05, 0) is 0 Å². The zero-order valence-corrected chi connectivity index (χ0v) is 8.53. The molecule has 0 aromatic carbocycles. The highest BCUT2D eigenvalue weighted by molar-refractivity contribution is 5.45. The van der Waals surface area contributed by atoms with E-state index in [1.807, 2.05) is 0 Å². The fraction of sp³-hybridized carbons (Fsp3) is 0.200.